The zero-order valence-electron chi connectivity index (χ0n) is 12.6. The number of thioether (sulfide) groups is 1. The number of aliphatic hydroxyl groups excluding tert-OH is 1. The van der Waals surface area contributed by atoms with Crippen LogP contribution in [0.25, 0.3) is 0 Å². The highest BCUT2D eigenvalue weighted by molar-refractivity contribution is 8.00. The van der Waals surface area contributed by atoms with Crippen LogP contribution in [0.15, 0.2) is 23.4 Å². The van der Waals surface area contributed by atoms with Gasteiger partial charge in [0.1, 0.15) is 0 Å². The average Bonchev–Trinajstić information content (AvgIpc) is 2.34. The number of rotatable bonds is 6. The van der Waals surface area contributed by atoms with E-state index in [9.17, 15) is 9.90 Å². The number of amides is 1. The van der Waals surface area contributed by atoms with Crippen molar-refractivity contribution in [1.29, 1.82) is 0 Å². The van der Waals surface area contributed by atoms with E-state index in [1.54, 1.807) is 30.1 Å². The van der Waals surface area contributed by atoms with E-state index in [2.05, 4.69) is 31.1 Å². The van der Waals surface area contributed by atoms with E-state index in [0.29, 0.717) is 12.0 Å². The van der Waals surface area contributed by atoms with E-state index >= 15 is 0 Å². The summed E-state index contributed by atoms with van der Waals surface area (Å²) in [5.41, 5.74) is 0.579. The lowest BCUT2D eigenvalue weighted by Gasteiger charge is -2.17. The van der Waals surface area contributed by atoms with Crippen molar-refractivity contribution in [2.75, 3.05) is 6.54 Å². The highest BCUT2D eigenvalue weighted by Crippen LogP contribution is 2.30. The first kappa shape index (κ1) is 17.0. The first-order valence-corrected chi connectivity index (χ1v) is 7.75. The van der Waals surface area contributed by atoms with Crippen LogP contribution in [0.5, 0.6) is 0 Å². The summed E-state index contributed by atoms with van der Waals surface area (Å²) in [7, 11) is 0. The van der Waals surface area contributed by atoms with E-state index in [0.717, 1.165) is 11.4 Å². The topological polar surface area (TPSA) is 62.2 Å². The van der Waals surface area contributed by atoms with E-state index in [4.69, 9.17) is 0 Å². The van der Waals surface area contributed by atoms with Crippen LogP contribution < -0.4 is 5.32 Å². The van der Waals surface area contributed by atoms with Gasteiger partial charge in [-0.15, -0.1) is 11.8 Å². The standard InChI is InChI=1S/C15H24N2O2S/c1-5-6-12(18)10-17-14(19)11-7-8-16-13(9-11)20-15(2,3)4/h7-9,12,18H,5-6,10H2,1-4H3,(H,17,19). The van der Waals surface area contributed by atoms with Crippen LogP contribution in [-0.2, 0) is 0 Å². The molecule has 0 aromatic carbocycles. The number of carbonyl (C=O) groups is 1. The fraction of sp³-hybridized carbons (Fsp3) is 0.600. The van der Waals surface area contributed by atoms with E-state index in [1.165, 1.54) is 0 Å². The molecule has 1 unspecified atom stereocenters. The summed E-state index contributed by atoms with van der Waals surface area (Å²) < 4.78 is 0.0550. The van der Waals surface area contributed by atoms with Crippen molar-refractivity contribution in [3.63, 3.8) is 0 Å². The summed E-state index contributed by atoms with van der Waals surface area (Å²) in [5.74, 6) is -0.168. The van der Waals surface area contributed by atoms with Gasteiger partial charge in [-0.25, -0.2) is 4.98 Å². The van der Waals surface area contributed by atoms with E-state index in [1.807, 2.05) is 6.92 Å². The SMILES string of the molecule is CCCC(O)CNC(=O)c1ccnc(SC(C)(C)C)c1. The lowest BCUT2D eigenvalue weighted by molar-refractivity contribution is 0.0909. The highest BCUT2D eigenvalue weighted by atomic mass is 32.2. The molecular weight excluding hydrogens is 272 g/mol. The number of hydrogen-bond acceptors (Lipinski definition) is 4. The van der Waals surface area contributed by atoms with Gasteiger partial charge in [0.2, 0.25) is 0 Å². The minimum Gasteiger partial charge on any atom is -0.391 e. The smallest absolute Gasteiger partial charge is 0.251 e. The summed E-state index contributed by atoms with van der Waals surface area (Å²) >= 11 is 1.62. The molecule has 1 aromatic rings. The Morgan fingerprint density at radius 1 is 1.50 bits per heavy atom. The van der Waals surface area contributed by atoms with Crippen LogP contribution in [-0.4, -0.2) is 33.4 Å². The van der Waals surface area contributed by atoms with Crippen LogP contribution in [0, 0.1) is 0 Å². The Kier molecular flexibility index (Phi) is 6.49. The molecule has 1 atom stereocenters. The van der Waals surface area contributed by atoms with Gasteiger partial charge in [-0.1, -0.05) is 34.1 Å². The van der Waals surface area contributed by atoms with Gasteiger partial charge in [-0.2, -0.15) is 0 Å². The van der Waals surface area contributed by atoms with Crippen molar-refractivity contribution in [1.82, 2.24) is 10.3 Å². The molecule has 1 rings (SSSR count). The lowest BCUT2D eigenvalue weighted by atomic mass is 10.2. The lowest BCUT2D eigenvalue weighted by Crippen LogP contribution is -2.32. The molecular formula is C15H24N2O2S. The molecule has 112 valence electrons. The minimum atomic E-state index is -0.478. The quantitative estimate of drug-likeness (QED) is 0.792. The van der Waals surface area contributed by atoms with Gasteiger partial charge in [0.05, 0.1) is 11.1 Å². The minimum absolute atomic E-state index is 0.0550. The summed E-state index contributed by atoms with van der Waals surface area (Å²) in [5, 5.41) is 13.2. The van der Waals surface area contributed by atoms with Crippen molar-refractivity contribution >= 4 is 17.7 Å². The highest BCUT2D eigenvalue weighted by Gasteiger charge is 2.15. The average molecular weight is 296 g/mol. The molecule has 0 fully saturated rings. The Morgan fingerprint density at radius 2 is 2.20 bits per heavy atom. The molecule has 0 aliphatic carbocycles. The van der Waals surface area contributed by atoms with Gasteiger partial charge in [0, 0.05) is 23.1 Å². The first-order chi connectivity index (χ1) is 9.31. The molecule has 0 aliphatic rings. The number of nitrogens with one attached hydrogen (secondary N) is 1. The number of aliphatic hydroxyl groups is 1. The summed E-state index contributed by atoms with van der Waals surface area (Å²) in [6, 6.07) is 3.48. The number of hydrogen-bond donors (Lipinski definition) is 2. The van der Waals surface area contributed by atoms with Gasteiger partial charge in [0.15, 0.2) is 0 Å². The maximum atomic E-state index is 12.0. The molecule has 0 aliphatic heterocycles. The fourth-order valence-electron chi connectivity index (χ4n) is 1.67. The molecule has 0 bridgehead atoms. The molecule has 4 nitrogen and oxygen atoms in total. The second-order valence-electron chi connectivity index (χ2n) is 5.75. The van der Waals surface area contributed by atoms with Gasteiger partial charge >= 0.3 is 0 Å². The van der Waals surface area contributed by atoms with Crippen LogP contribution in [0.1, 0.15) is 50.9 Å². The Balaban J connectivity index is 2.62. The zero-order chi connectivity index (χ0) is 15.2. The molecule has 1 amide bonds. The summed E-state index contributed by atoms with van der Waals surface area (Å²) in [6.45, 7) is 8.61. The predicted octanol–water partition coefficient (Wildman–Crippen LogP) is 2.86. The maximum Gasteiger partial charge on any atom is 0.251 e. The number of aromatic nitrogens is 1. The summed E-state index contributed by atoms with van der Waals surface area (Å²) in [4.78, 5) is 16.3. The first-order valence-electron chi connectivity index (χ1n) is 6.93. The van der Waals surface area contributed by atoms with Gasteiger partial charge in [-0.3, -0.25) is 4.79 Å². The zero-order valence-corrected chi connectivity index (χ0v) is 13.5. The Morgan fingerprint density at radius 3 is 2.80 bits per heavy atom. The maximum absolute atomic E-state index is 12.0. The second kappa shape index (κ2) is 7.64. The molecule has 0 radical (unpaired) electrons. The number of carbonyl (C=O) groups excluding carboxylic acids is 1. The fourth-order valence-corrected chi connectivity index (χ4v) is 2.59. The van der Waals surface area contributed by atoms with Crippen molar-refractivity contribution in [2.45, 2.75) is 56.4 Å². The van der Waals surface area contributed by atoms with Gasteiger partial charge in [-0.05, 0) is 18.6 Å². The Labute approximate surface area is 125 Å². The molecule has 5 heteroatoms. The van der Waals surface area contributed by atoms with Crippen molar-refractivity contribution < 1.29 is 9.90 Å². The van der Waals surface area contributed by atoms with Gasteiger partial charge in [0.25, 0.3) is 5.91 Å². The predicted molar refractivity (Wildman–Crippen MR) is 83.1 cm³/mol. The Hall–Kier alpha value is -1.07. The van der Waals surface area contributed by atoms with Crippen LogP contribution in [0.4, 0.5) is 0 Å². The third kappa shape index (κ3) is 6.39. The van der Waals surface area contributed by atoms with Crippen molar-refractivity contribution in [2.24, 2.45) is 0 Å². The molecule has 0 saturated heterocycles. The van der Waals surface area contributed by atoms with Crippen LogP contribution in [0.3, 0.4) is 0 Å². The molecule has 0 spiro atoms. The molecule has 1 aromatic heterocycles. The number of pyridine rings is 1. The van der Waals surface area contributed by atoms with E-state index in [-0.39, 0.29) is 17.2 Å². The Bertz CT molecular complexity index is 444. The van der Waals surface area contributed by atoms with Crippen molar-refractivity contribution in [3.8, 4) is 0 Å². The molecule has 1 heterocycles. The van der Waals surface area contributed by atoms with E-state index < -0.39 is 6.10 Å². The van der Waals surface area contributed by atoms with Gasteiger partial charge < -0.3 is 10.4 Å². The number of nitrogens with zero attached hydrogens (tertiary/aromatic N) is 1. The second-order valence-corrected chi connectivity index (χ2v) is 7.60. The van der Waals surface area contributed by atoms with Crippen LogP contribution >= 0.6 is 11.8 Å². The largest absolute Gasteiger partial charge is 0.391 e. The normalized spacial score (nSPS) is 13.1. The van der Waals surface area contributed by atoms with Crippen molar-refractivity contribution in [3.05, 3.63) is 23.9 Å². The molecule has 2 N–H and O–H groups in total. The third-order valence-corrected chi connectivity index (χ3v) is 3.57. The van der Waals surface area contributed by atoms with Crippen LogP contribution in [0.2, 0.25) is 0 Å². The summed E-state index contributed by atoms with van der Waals surface area (Å²) in [6.07, 6.45) is 2.76. The monoisotopic (exact) mass is 296 g/mol. The molecule has 0 saturated carbocycles. The third-order valence-electron chi connectivity index (χ3n) is 2.53. The molecule has 20 heavy (non-hydrogen) atoms.